The lowest BCUT2D eigenvalue weighted by Gasteiger charge is -2.17. The van der Waals surface area contributed by atoms with Crippen LogP contribution in [0, 0.1) is 0 Å². The van der Waals surface area contributed by atoms with E-state index in [1.165, 1.54) is 0 Å². The topological polar surface area (TPSA) is 38.0 Å². The van der Waals surface area contributed by atoms with Crippen LogP contribution in [0.3, 0.4) is 0 Å². The van der Waals surface area contributed by atoms with E-state index in [0.29, 0.717) is 0 Å². The third kappa shape index (κ3) is 1.81. The van der Waals surface area contributed by atoms with Gasteiger partial charge in [0.2, 0.25) is 0 Å². The Labute approximate surface area is 76.8 Å². The van der Waals surface area contributed by atoms with Gasteiger partial charge in [0.1, 0.15) is 0 Å². The highest BCUT2D eigenvalue weighted by Crippen LogP contribution is 2.19. The molecule has 0 amide bonds. The maximum atomic E-state index is 9.35. The molecule has 0 bridgehead atoms. The first-order valence-corrected chi connectivity index (χ1v) is 5.14. The van der Waals surface area contributed by atoms with Gasteiger partial charge in [-0.05, 0) is 20.1 Å². The van der Waals surface area contributed by atoms with Crippen molar-refractivity contribution in [3.05, 3.63) is 12.4 Å². The van der Waals surface area contributed by atoms with E-state index in [-0.39, 0.29) is 12.1 Å². The molecule has 1 aromatic rings. The van der Waals surface area contributed by atoms with E-state index in [2.05, 4.69) is 4.98 Å². The van der Waals surface area contributed by atoms with Crippen molar-refractivity contribution in [2.45, 2.75) is 31.1 Å². The summed E-state index contributed by atoms with van der Waals surface area (Å²) >= 11 is 1.59. The van der Waals surface area contributed by atoms with E-state index in [1.54, 1.807) is 24.9 Å². The van der Waals surface area contributed by atoms with E-state index in [0.717, 1.165) is 5.16 Å². The van der Waals surface area contributed by atoms with Crippen molar-refractivity contribution in [2.75, 3.05) is 6.26 Å². The highest BCUT2D eigenvalue weighted by molar-refractivity contribution is 7.98. The first-order chi connectivity index (χ1) is 5.66. The number of aromatic nitrogens is 2. The second-order valence-corrected chi connectivity index (χ2v) is 3.58. The molecule has 0 saturated carbocycles. The summed E-state index contributed by atoms with van der Waals surface area (Å²) in [6.07, 6.45) is 5.28. The molecule has 0 aliphatic heterocycles. The normalized spacial score (nSPS) is 16.0. The first kappa shape index (κ1) is 9.61. The van der Waals surface area contributed by atoms with Gasteiger partial charge in [0, 0.05) is 12.4 Å². The lowest BCUT2D eigenvalue weighted by atomic mass is 10.2. The quantitative estimate of drug-likeness (QED) is 0.728. The van der Waals surface area contributed by atoms with Crippen LogP contribution in [0.25, 0.3) is 0 Å². The molecule has 2 unspecified atom stereocenters. The molecule has 0 aromatic carbocycles. The van der Waals surface area contributed by atoms with Gasteiger partial charge >= 0.3 is 0 Å². The fraction of sp³-hybridized carbons (Fsp3) is 0.625. The van der Waals surface area contributed by atoms with Crippen molar-refractivity contribution in [2.24, 2.45) is 0 Å². The van der Waals surface area contributed by atoms with Gasteiger partial charge in [-0.25, -0.2) is 4.98 Å². The molecule has 0 radical (unpaired) electrons. The zero-order valence-corrected chi connectivity index (χ0v) is 8.38. The Hall–Kier alpha value is -0.480. The van der Waals surface area contributed by atoms with E-state index in [4.69, 9.17) is 0 Å². The Morgan fingerprint density at radius 3 is 2.75 bits per heavy atom. The smallest absolute Gasteiger partial charge is 0.167 e. The molecule has 0 fully saturated rings. The summed E-state index contributed by atoms with van der Waals surface area (Å²) in [5.74, 6) is 0. The van der Waals surface area contributed by atoms with E-state index in [1.807, 2.05) is 23.9 Å². The Bertz CT molecular complexity index is 247. The minimum atomic E-state index is -0.343. The zero-order valence-electron chi connectivity index (χ0n) is 7.56. The number of hydrogen-bond donors (Lipinski definition) is 1. The molecule has 1 heterocycles. The number of rotatable bonds is 3. The molecule has 1 aromatic heterocycles. The number of aliphatic hydroxyl groups excluding tert-OH is 1. The number of imidazole rings is 1. The first-order valence-electron chi connectivity index (χ1n) is 3.91. The Balaban J connectivity index is 2.86. The fourth-order valence-electron chi connectivity index (χ4n) is 1.000. The summed E-state index contributed by atoms with van der Waals surface area (Å²) in [4.78, 5) is 4.15. The molecule has 4 heteroatoms. The minimum Gasteiger partial charge on any atom is -0.391 e. The average Bonchev–Trinajstić information content (AvgIpc) is 2.49. The number of nitrogens with zero attached hydrogens (tertiary/aromatic N) is 2. The van der Waals surface area contributed by atoms with E-state index < -0.39 is 0 Å². The van der Waals surface area contributed by atoms with Crippen LogP contribution in [0.15, 0.2) is 17.6 Å². The van der Waals surface area contributed by atoms with Crippen LogP contribution < -0.4 is 0 Å². The van der Waals surface area contributed by atoms with E-state index in [9.17, 15) is 5.11 Å². The van der Waals surface area contributed by atoms with Crippen LogP contribution in [0.5, 0.6) is 0 Å². The predicted octanol–water partition coefficient (Wildman–Crippen LogP) is 1.55. The Kier molecular flexibility index (Phi) is 3.17. The lowest BCUT2D eigenvalue weighted by Crippen LogP contribution is -2.18. The van der Waals surface area contributed by atoms with Crippen LogP contribution in [0.2, 0.25) is 0 Å². The van der Waals surface area contributed by atoms with Crippen molar-refractivity contribution in [3.63, 3.8) is 0 Å². The summed E-state index contributed by atoms with van der Waals surface area (Å²) in [6.45, 7) is 3.76. The molecule has 3 nitrogen and oxygen atoms in total. The van der Waals surface area contributed by atoms with Gasteiger partial charge in [-0.1, -0.05) is 11.8 Å². The maximum Gasteiger partial charge on any atom is 0.167 e. The third-order valence-electron chi connectivity index (χ3n) is 1.95. The van der Waals surface area contributed by atoms with Gasteiger partial charge in [0.15, 0.2) is 5.16 Å². The zero-order chi connectivity index (χ0) is 9.14. The molecule has 68 valence electrons. The Morgan fingerprint density at radius 2 is 2.25 bits per heavy atom. The standard InChI is InChI=1S/C8H14N2OS/c1-6(7(2)11)10-5-4-9-8(10)12-3/h4-7,11H,1-3H3. The van der Waals surface area contributed by atoms with Gasteiger partial charge in [-0.2, -0.15) is 0 Å². The summed E-state index contributed by atoms with van der Waals surface area (Å²) in [5, 5.41) is 10.3. The van der Waals surface area contributed by atoms with Crippen LogP contribution in [0.4, 0.5) is 0 Å². The largest absolute Gasteiger partial charge is 0.391 e. The van der Waals surface area contributed by atoms with Crippen molar-refractivity contribution < 1.29 is 5.11 Å². The molecular weight excluding hydrogens is 172 g/mol. The highest BCUT2D eigenvalue weighted by atomic mass is 32.2. The van der Waals surface area contributed by atoms with Crippen molar-refractivity contribution >= 4 is 11.8 Å². The van der Waals surface area contributed by atoms with Gasteiger partial charge in [0.05, 0.1) is 12.1 Å². The summed E-state index contributed by atoms with van der Waals surface area (Å²) < 4.78 is 1.98. The van der Waals surface area contributed by atoms with Gasteiger partial charge in [-0.3, -0.25) is 0 Å². The molecule has 0 aliphatic rings. The average molecular weight is 186 g/mol. The van der Waals surface area contributed by atoms with Crippen LogP contribution in [-0.4, -0.2) is 27.0 Å². The highest BCUT2D eigenvalue weighted by Gasteiger charge is 2.13. The maximum absolute atomic E-state index is 9.35. The fourth-order valence-corrected chi connectivity index (χ4v) is 1.60. The lowest BCUT2D eigenvalue weighted by molar-refractivity contribution is 0.134. The molecule has 2 atom stereocenters. The Morgan fingerprint density at radius 1 is 1.58 bits per heavy atom. The van der Waals surface area contributed by atoms with Gasteiger partial charge < -0.3 is 9.67 Å². The minimum absolute atomic E-state index is 0.0925. The second kappa shape index (κ2) is 3.96. The van der Waals surface area contributed by atoms with Crippen LogP contribution in [-0.2, 0) is 0 Å². The summed E-state index contributed by atoms with van der Waals surface area (Å²) in [5.41, 5.74) is 0. The molecule has 0 saturated heterocycles. The molecule has 1 rings (SSSR count). The van der Waals surface area contributed by atoms with Crippen LogP contribution in [0.1, 0.15) is 19.9 Å². The molecule has 1 N–H and O–H groups in total. The third-order valence-corrected chi connectivity index (χ3v) is 2.63. The molecule has 0 aliphatic carbocycles. The summed E-state index contributed by atoms with van der Waals surface area (Å²) in [7, 11) is 0. The van der Waals surface area contributed by atoms with Crippen molar-refractivity contribution in [1.82, 2.24) is 9.55 Å². The predicted molar refractivity (Wildman–Crippen MR) is 50.4 cm³/mol. The number of aliphatic hydroxyl groups is 1. The van der Waals surface area contributed by atoms with Crippen molar-refractivity contribution in [1.29, 1.82) is 0 Å². The van der Waals surface area contributed by atoms with Crippen molar-refractivity contribution in [3.8, 4) is 0 Å². The molecular formula is C8H14N2OS. The van der Waals surface area contributed by atoms with Gasteiger partial charge in [0.25, 0.3) is 0 Å². The number of thioether (sulfide) groups is 1. The molecule has 0 spiro atoms. The second-order valence-electron chi connectivity index (χ2n) is 2.80. The molecule has 12 heavy (non-hydrogen) atoms. The number of hydrogen-bond acceptors (Lipinski definition) is 3. The van der Waals surface area contributed by atoms with E-state index >= 15 is 0 Å². The van der Waals surface area contributed by atoms with Gasteiger partial charge in [-0.15, -0.1) is 0 Å². The SMILES string of the molecule is CSc1nccn1C(C)C(C)O. The van der Waals surface area contributed by atoms with Crippen LogP contribution >= 0.6 is 11.8 Å². The monoisotopic (exact) mass is 186 g/mol. The summed E-state index contributed by atoms with van der Waals surface area (Å²) in [6, 6.07) is 0.0925.